The maximum atomic E-state index is 13.5. The number of nitrogens with zero attached hydrogens (tertiary/aromatic N) is 4. The number of benzene rings is 1. The second-order valence-corrected chi connectivity index (χ2v) is 12.1. The van der Waals surface area contributed by atoms with Crippen LogP contribution >= 0.6 is 0 Å². The van der Waals surface area contributed by atoms with Gasteiger partial charge in [-0.2, -0.15) is 4.31 Å². The molecule has 0 N–H and O–H groups in total. The Labute approximate surface area is 217 Å². The maximum absolute atomic E-state index is 13.5. The van der Waals surface area contributed by atoms with Gasteiger partial charge in [0, 0.05) is 44.8 Å². The van der Waals surface area contributed by atoms with Gasteiger partial charge in [-0.3, -0.25) is 9.69 Å². The summed E-state index contributed by atoms with van der Waals surface area (Å²) in [6.07, 6.45) is 2.39. The summed E-state index contributed by atoms with van der Waals surface area (Å²) in [5, 5.41) is 0. The fourth-order valence-electron chi connectivity index (χ4n) is 5.31. The molecule has 1 amide bonds. The van der Waals surface area contributed by atoms with Crippen LogP contribution in [-0.2, 0) is 19.6 Å². The van der Waals surface area contributed by atoms with E-state index in [1.54, 1.807) is 33.1 Å². The van der Waals surface area contributed by atoms with Crippen LogP contribution in [0.5, 0.6) is 5.75 Å². The molecule has 2 saturated heterocycles. The number of likely N-dealkylation sites (tertiary alicyclic amines) is 1. The number of ether oxygens (including phenoxy) is 2. The highest BCUT2D eigenvalue weighted by Crippen LogP contribution is 2.29. The first-order valence-electron chi connectivity index (χ1n) is 13.0. The quantitative estimate of drug-likeness (QED) is 0.433. The zero-order valence-electron chi connectivity index (χ0n) is 22.8. The number of aryl methyl sites for hydroxylation is 2. The van der Waals surface area contributed by atoms with Crippen molar-refractivity contribution in [3.05, 3.63) is 23.3 Å². The van der Waals surface area contributed by atoms with E-state index in [0.717, 1.165) is 39.3 Å². The summed E-state index contributed by atoms with van der Waals surface area (Å²) in [4.78, 5) is 19.8. The summed E-state index contributed by atoms with van der Waals surface area (Å²) in [5.74, 6) is 0.605. The third-order valence-electron chi connectivity index (χ3n) is 7.37. The second-order valence-electron chi connectivity index (χ2n) is 10.3. The summed E-state index contributed by atoms with van der Waals surface area (Å²) < 4.78 is 39.4. The molecule has 36 heavy (non-hydrogen) atoms. The van der Waals surface area contributed by atoms with Crippen LogP contribution in [0.1, 0.15) is 37.8 Å². The number of hydrogen-bond donors (Lipinski definition) is 0. The van der Waals surface area contributed by atoms with Gasteiger partial charge >= 0.3 is 0 Å². The SMILES string of the molecule is COc1cc(C)c(S(=O)(=O)N(CCOCC(=O)N2CCN(C3CCN(C)CC3)CC2)C(C)C)c(C)c1. The van der Waals surface area contributed by atoms with Crippen molar-refractivity contribution in [2.24, 2.45) is 0 Å². The van der Waals surface area contributed by atoms with Gasteiger partial charge in [-0.05, 0) is 83.9 Å². The number of carbonyl (C=O) groups excluding carboxylic acids is 1. The third kappa shape index (κ3) is 6.98. The molecule has 0 aromatic heterocycles. The maximum Gasteiger partial charge on any atom is 0.248 e. The van der Waals surface area contributed by atoms with Crippen LogP contribution in [0.3, 0.4) is 0 Å². The van der Waals surface area contributed by atoms with Crippen molar-refractivity contribution in [1.29, 1.82) is 0 Å². The van der Waals surface area contributed by atoms with E-state index in [1.165, 1.54) is 17.1 Å². The van der Waals surface area contributed by atoms with Gasteiger partial charge in [-0.15, -0.1) is 0 Å². The minimum absolute atomic E-state index is 0.0270. The molecule has 2 heterocycles. The van der Waals surface area contributed by atoms with Crippen LogP contribution < -0.4 is 4.74 Å². The minimum atomic E-state index is -3.73. The van der Waals surface area contributed by atoms with E-state index in [4.69, 9.17) is 9.47 Å². The molecule has 0 atom stereocenters. The standard InChI is InChI=1S/C26H44N4O5S/c1-20(2)30(36(32,33)26-21(3)17-24(34-6)18-22(26)4)15-16-35-19-25(31)29-13-11-28(12-14-29)23-7-9-27(5)10-8-23/h17-18,20,23H,7-16,19H2,1-6H3. The van der Waals surface area contributed by atoms with E-state index in [1.807, 2.05) is 18.7 Å². The Morgan fingerprint density at radius 2 is 1.64 bits per heavy atom. The average Bonchev–Trinajstić information content (AvgIpc) is 2.83. The Hall–Kier alpha value is -1.72. The number of piperidine rings is 1. The molecular formula is C26H44N4O5S. The molecule has 0 unspecified atom stereocenters. The lowest BCUT2D eigenvalue weighted by Crippen LogP contribution is -2.54. The lowest BCUT2D eigenvalue weighted by atomic mass is 10.0. The summed E-state index contributed by atoms with van der Waals surface area (Å²) in [6, 6.07) is 3.85. The molecule has 204 valence electrons. The van der Waals surface area contributed by atoms with Gasteiger partial charge in [0.05, 0.1) is 18.6 Å². The van der Waals surface area contributed by atoms with Crippen molar-refractivity contribution in [2.45, 2.75) is 57.5 Å². The smallest absolute Gasteiger partial charge is 0.248 e. The van der Waals surface area contributed by atoms with Crippen LogP contribution in [0.25, 0.3) is 0 Å². The van der Waals surface area contributed by atoms with Crippen LogP contribution in [0.4, 0.5) is 0 Å². The number of carbonyl (C=O) groups is 1. The van der Waals surface area contributed by atoms with E-state index in [0.29, 0.717) is 27.8 Å². The highest BCUT2D eigenvalue weighted by molar-refractivity contribution is 7.89. The minimum Gasteiger partial charge on any atom is -0.497 e. The summed E-state index contributed by atoms with van der Waals surface area (Å²) in [6.45, 7) is 13.1. The van der Waals surface area contributed by atoms with Gasteiger partial charge < -0.3 is 19.3 Å². The molecule has 0 bridgehead atoms. The van der Waals surface area contributed by atoms with E-state index >= 15 is 0 Å². The van der Waals surface area contributed by atoms with E-state index in [2.05, 4.69) is 16.8 Å². The molecule has 1 aromatic carbocycles. The topological polar surface area (TPSA) is 82.6 Å². The van der Waals surface area contributed by atoms with Gasteiger partial charge in [0.15, 0.2) is 0 Å². The molecule has 0 aliphatic carbocycles. The first-order chi connectivity index (χ1) is 17.0. The molecule has 0 saturated carbocycles. The molecular weight excluding hydrogens is 480 g/mol. The Bertz CT molecular complexity index is 961. The van der Waals surface area contributed by atoms with Gasteiger partial charge in [-0.1, -0.05) is 0 Å². The molecule has 9 nitrogen and oxygen atoms in total. The van der Waals surface area contributed by atoms with Gasteiger partial charge in [-0.25, -0.2) is 8.42 Å². The van der Waals surface area contributed by atoms with Crippen molar-refractivity contribution in [2.75, 3.05) is 73.2 Å². The summed E-state index contributed by atoms with van der Waals surface area (Å²) >= 11 is 0. The Morgan fingerprint density at radius 3 is 2.17 bits per heavy atom. The van der Waals surface area contributed by atoms with Gasteiger partial charge in [0.1, 0.15) is 12.4 Å². The predicted octanol–water partition coefficient (Wildman–Crippen LogP) is 1.97. The van der Waals surface area contributed by atoms with Crippen LogP contribution in [0.2, 0.25) is 0 Å². The molecule has 2 aliphatic rings. The number of sulfonamides is 1. The fourth-order valence-corrected chi connectivity index (χ4v) is 7.35. The van der Waals surface area contributed by atoms with E-state index in [-0.39, 0.29) is 31.7 Å². The van der Waals surface area contributed by atoms with Crippen molar-refractivity contribution >= 4 is 15.9 Å². The number of amides is 1. The number of piperazine rings is 1. The Kier molecular flexibility index (Phi) is 10.2. The zero-order chi connectivity index (χ0) is 26.5. The largest absolute Gasteiger partial charge is 0.497 e. The molecule has 2 fully saturated rings. The Balaban J connectivity index is 1.49. The van der Waals surface area contributed by atoms with Crippen LogP contribution in [-0.4, -0.2) is 119 Å². The van der Waals surface area contributed by atoms with E-state index < -0.39 is 10.0 Å². The van der Waals surface area contributed by atoms with Crippen LogP contribution in [0.15, 0.2) is 17.0 Å². The lowest BCUT2D eigenvalue weighted by Gasteiger charge is -2.42. The van der Waals surface area contributed by atoms with E-state index in [9.17, 15) is 13.2 Å². The van der Waals surface area contributed by atoms with Crippen LogP contribution in [0, 0.1) is 13.8 Å². The zero-order valence-corrected chi connectivity index (χ0v) is 23.6. The molecule has 10 heteroatoms. The first-order valence-corrected chi connectivity index (χ1v) is 14.4. The second kappa shape index (κ2) is 12.7. The summed E-state index contributed by atoms with van der Waals surface area (Å²) in [7, 11) is 0.00254. The first kappa shape index (κ1) is 28.8. The predicted molar refractivity (Wildman–Crippen MR) is 141 cm³/mol. The number of hydrogen-bond acceptors (Lipinski definition) is 7. The third-order valence-corrected chi connectivity index (χ3v) is 9.75. The fraction of sp³-hybridized carbons (Fsp3) is 0.731. The molecule has 0 radical (unpaired) electrons. The molecule has 0 spiro atoms. The average molecular weight is 525 g/mol. The van der Waals surface area contributed by atoms with Crippen molar-refractivity contribution in [3.63, 3.8) is 0 Å². The normalized spacial score (nSPS) is 18.8. The monoisotopic (exact) mass is 524 g/mol. The van der Waals surface area contributed by atoms with Crippen molar-refractivity contribution < 1.29 is 22.7 Å². The van der Waals surface area contributed by atoms with Crippen molar-refractivity contribution in [1.82, 2.24) is 19.0 Å². The highest BCUT2D eigenvalue weighted by atomic mass is 32.2. The molecule has 2 aliphatic heterocycles. The number of methoxy groups -OCH3 is 1. The Morgan fingerprint density at radius 1 is 1.06 bits per heavy atom. The lowest BCUT2D eigenvalue weighted by molar-refractivity contribution is -0.138. The highest BCUT2D eigenvalue weighted by Gasteiger charge is 2.31. The van der Waals surface area contributed by atoms with Gasteiger partial charge in [0.25, 0.3) is 0 Å². The summed E-state index contributed by atoms with van der Waals surface area (Å²) in [5.41, 5.74) is 1.29. The van der Waals surface area contributed by atoms with Gasteiger partial charge in [0.2, 0.25) is 15.9 Å². The molecule has 3 rings (SSSR count). The molecule has 1 aromatic rings. The van der Waals surface area contributed by atoms with Crippen molar-refractivity contribution in [3.8, 4) is 5.75 Å². The number of rotatable bonds is 10.